The summed E-state index contributed by atoms with van der Waals surface area (Å²) in [5.41, 5.74) is 1.06. The molecule has 4 nitrogen and oxygen atoms in total. The van der Waals surface area contributed by atoms with Gasteiger partial charge in [-0.1, -0.05) is 12.1 Å². The highest BCUT2D eigenvalue weighted by Crippen LogP contribution is 2.34. The van der Waals surface area contributed by atoms with Gasteiger partial charge in [-0.15, -0.1) is 0 Å². The van der Waals surface area contributed by atoms with Gasteiger partial charge in [-0.3, -0.25) is 4.79 Å². The molecule has 0 radical (unpaired) electrons. The van der Waals surface area contributed by atoms with Gasteiger partial charge >= 0.3 is 5.97 Å². The largest absolute Gasteiger partial charge is 0.497 e. The van der Waals surface area contributed by atoms with E-state index < -0.39 is 5.97 Å². The number of carboxylic acid groups (broad SMARTS) is 1. The first-order chi connectivity index (χ1) is 10.2. The number of carbonyl (C=O) groups is 1. The molecule has 0 saturated carbocycles. The van der Waals surface area contributed by atoms with Crippen molar-refractivity contribution in [2.24, 2.45) is 5.92 Å². The zero-order valence-electron chi connectivity index (χ0n) is 12.6. The molecule has 0 aliphatic carbocycles. The van der Waals surface area contributed by atoms with Crippen molar-refractivity contribution in [3.63, 3.8) is 0 Å². The Kier molecular flexibility index (Phi) is 5.94. The van der Waals surface area contributed by atoms with E-state index in [-0.39, 0.29) is 11.8 Å². The normalized spacial score (nSPS) is 22.4. The van der Waals surface area contributed by atoms with Crippen molar-refractivity contribution in [2.75, 3.05) is 38.8 Å². The van der Waals surface area contributed by atoms with Gasteiger partial charge in [0, 0.05) is 19.0 Å². The Morgan fingerprint density at radius 1 is 1.48 bits per heavy atom. The maximum atomic E-state index is 11.6. The van der Waals surface area contributed by atoms with Crippen LogP contribution in [0.25, 0.3) is 0 Å². The molecule has 0 bridgehead atoms. The molecule has 2 atom stereocenters. The van der Waals surface area contributed by atoms with Gasteiger partial charge in [0.05, 0.1) is 13.0 Å². The predicted molar refractivity (Wildman–Crippen MR) is 86.3 cm³/mol. The molecule has 0 unspecified atom stereocenters. The maximum Gasteiger partial charge on any atom is 0.308 e. The number of likely N-dealkylation sites (tertiary alicyclic amines) is 1. The average Bonchev–Trinajstić information content (AvgIpc) is 2.92. The second-order valence-electron chi connectivity index (χ2n) is 5.43. The molecule has 1 N–H and O–H groups in total. The van der Waals surface area contributed by atoms with Crippen LogP contribution in [0, 0.1) is 5.92 Å². The third kappa shape index (κ3) is 4.14. The summed E-state index contributed by atoms with van der Waals surface area (Å²) in [5.74, 6) is 0.934. The lowest BCUT2D eigenvalue weighted by molar-refractivity contribution is -0.141. The molecule has 116 valence electrons. The third-order valence-corrected chi connectivity index (χ3v) is 4.75. The van der Waals surface area contributed by atoms with E-state index in [4.69, 9.17) is 4.74 Å². The van der Waals surface area contributed by atoms with Crippen LogP contribution in [0.3, 0.4) is 0 Å². The number of hydrogen-bond acceptors (Lipinski definition) is 4. The zero-order valence-corrected chi connectivity index (χ0v) is 13.4. The number of nitrogens with zero attached hydrogens (tertiary/aromatic N) is 1. The van der Waals surface area contributed by atoms with Gasteiger partial charge in [-0.25, -0.2) is 0 Å². The molecule has 0 aromatic heterocycles. The molecule has 2 rings (SSSR count). The van der Waals surface area contributed by atoms with Crippen LogP contribution in [-0.2, 0) is 4.79 Å². The first kappa shape index (κ1) is 16.2. The van der Waals surface area contributed by atoms with Gasteiger partial charge in [-0.2, -0.15) is 11.8 Å². The Bertz CT molecular complexity index is 480. The Morgan fingerprint density at radius 3 is 2.95 bits per heavy atom. The second-order valence-corrected chi connectivity index (χ2v) is 6.42. The Balaban J connectivity index is 2.10. The molecule has 5 heteroatoms. The number of rotatable bonds is 7. The van der Waals surface area contributed by atoms with E-state index in [0.717, 1.165) is 36.6 Å². The minimum atomic E-state index is -0.699. The zero-order chi connectivity index (χ0) is 15.2. The Labute approximate surface area is 130 Å². The monoisotopic (exact) mass is 309 g/mol. The first-order valence-corrected chi connectivity index (χ1v) is 8.63. The van der Waals surface area contributed by atoms with Crippen molar-refractivity contribution >= 4 is 17.7 Å². The summed E-state index contributed by atoms with van der Waals surface area (Å²) in [5, 5.41) is 9.50. The summed E-state index contributed by atoms with van der Waals surface area (Å²) in [6.45, 7) is 2.44. The van der Waals surface area contributed by atoms with Crippen LogP contribution in [0.4, 0.5) is 0 Å². The van der Waals surface area contributed by atoms with Crippen LogP contribution in [0.5, 0.6) is 5.75 Å². The molecule has 1 aromatic rings. The molecule has 1 saturated heterocycles. The van der Waals surface area contributed by atoms with E-state index in [1.807, 2.05) is 36.0 Å². The van der Waals surface area contributed by atoms with E-state index >= 15 is 0 Å². The van der Waals surface area contributed by atoms with Gasteiger partial charge in [0.25, 0.3) is 0 Å². The van der Waals surface area contributed by atoms with E-state index in [2.05, 4.69) is 11.2 Å². The molecule has 1 fully saturated rings. The van der Waals surface area contributed by atoms with Crippen molar-refractivity contribution < 1.29 is 14.6 Å². The maximum absolute atomic E-state index is 11.6. The smallest absolute Gasteiger partial charge is 0.308 e. The second kappa shape index (κ2) is 7.71. The molecule has 1 aliphatic rings. The van der Waals surface area contributed by atoms with E-state index in [1.54, 1.807) is 7.11 Å². The number of carboxylic acids is 1. The van der Waals surface area contributed by atoms with Gasteiger partial charge < -0.3 is 14.7 Å². The minimum absolute atomic E-state index is 0.0480. The number of aliphatic carboxylic acids is 1. The fourth-order valence-corrected chi connectivity index (χ4v) is 3.38. The lowest BCUT2D eigenvalue weighted by atomic mass is 9.89. The van der Waals surface area contributed by atoms with E-state index in [1.165, 1.54) is 0 Å². The molecular weight excluding hydrogens is 286 g/mol. The highest BCUT2D eigenvalue weighted by molar-refractivity contribution is 7.98. The van der Waals surface area contributed by atoms with Crippen molar-refractivity contribution in [1.29, 1.82) is 0 Å². The molecule has 0 spiro atoms. The van der Waals surface area contributed by atoms with E-state index in [9.17, 15) is 9.90 Å². The first-order valence-electron chi connectivity index (χ1n) is 7.23. The minimum Gasteiger partial charge on any atom is -0.497 e. The predicted octanol–water partition coefficient (Wildman–Crippen LogP) is 2.55. The summed E-state index contributed by atoms with van der Waals surface area (Å²) in [6, 6.07) is 7.80. The van der Waals surface area contributed by atoms with Crippen LogP contribution in [0.15, 0.2) is 24.3 Å². The van der Waals surface area contributed by atoms with Crippen LogP contribution in [0.2, 0.25) is 0 Å². The lowest BCUT2D eigenvalue weighted by Gasteiger charge is -2.16. The fourth-order valence-electron chi connectivity index (χ4n) is 2.96. The number of thioether (sulfide) groups is 1. The lowest BCUT2D eigenvalue weighted by Crippen LogP contribution is -2.24. The Hall–Kier alpha value is -1.20. The van der Waals surface area contributed by atoms with Crippen LogP contribution >= 0.6 is 11.8 Å². The standard InChI is InChI=1S/C16H23NO3S/c1-20-13-6-3-5-12(9-13)14-10-17(7-4-8-21-2)11-15(14)16(18)19/h3,5-6,9,14-15H,4,7-8,10-11H2,1-2H3,(H,18,19)/t14-,15+/m0/s1. The van der Waals surface area contributed by atoms with Crippen LogP contribution < -0.4 is 4.74 Å². The van der Waals surface area contributed by atoms with Crippen molar-refractivity contribution in [3.8, 4) is 5.75 Å². The summed E-state index contributed by atoms with van der Waals surface area (Å²) < 4.78 is 5.25. The number of hydrogen-bond donors (Lipinski definition) is 1. The molecule has 1 heterocycles. The van der Waals surface area contributed by atoms with Gasteiger partial charge in [-0.05, 0) is 42.7 Å². The van der Waals surface area contributed by atoms with Gasteiger partial charge in [0.1, 0.15) is 5.75 Å². The van der Waals surface area contributed by atoms with E-state index in [0.29, 0.717) is 6.54 Å². The average molecular weight is 309 g/mol. The van der Waals surface area contributed by atoms with Gasteiger partial charge in [0.2, 0.25) is 0 Å². The molecule has 21 heavy (non-hydrogen) atoms. The fraction of sp³-hybridized carbons (Fsp3) is 0.562. The topological polar surface area (TPSA) is 49.8 Å². The molecule has 1 aromatic carbocycles. The molecule has 1 aliphatic heterocycles. The third-order valence-electron chi connectivity index (χ3n) is 4.06. The summed E-state index contributed by atoms with van der Waals surface area (Å²) in [6.07, 6.45) is 3.21. The highest BCUT2D eigenvalue weighted by atomic mass is 32.2. The summed E-state index contributed by atoms with van der Waals surface area (Å²) in [4.78, 5) is 13.8. The van der Waals surface area contributed by atoms with Crippen LogP contribution in [0.1, 0.15) is 17.9 Å². The molecule has 0 amide bonds. The Morgan fingerprint density at radius 2 is 2.29 bits per heavy atom. The van der Waals surface area contributed by atoms with Crippen LogP contribution in [-0.4, -0.2) is 54.7 Å². The van der Waals surface area contributed by atoms with Gasteiger partial charge in [0.15, 0.2) is 0 Å². The van der Waals surface area contributed by atoms with Crippen molar-refractivity contribution in [2.45, 2.75) is 12.3 Å². The number of ether oxygens (including phenoxy) is 1. The summed E-state index contributed by atoms with van der Waals surface area (Å²) in [7, 11) is 1.64. The number of benzene rings is 1. The molecular formula is C16H23NO3S. The van der Waals surface area contributed by atoms with Crippen molar-refractivity contribution in [3.05, 3.63) is 29.8 Å². The number of methoxy groups -OCH3 is 1. The highest BCUT2D eigenvalue weighted by Gasteiger charge is 2.38. The van der Waals surface area contributed by atoms with Crippen molar-refractivity contribution in [1.82, 2.24) is 4.90 Å². The SMILES string of the molecule is COc1cccc([C@@H]2CN(CCCSC)C[C@H]2C(=O)O)c1. The summed E-state index contributed by atoms with van der Waals surface area (Å²) >= 11 is 1.83. The quantitative estimate of drug-likeness (QED) is 0.785.